The number of hydrogen-bond donors (Lipinski definition) is 1. The van der Waals surface area contributed by atoms with E-state index in [1.54, 1.807) is 44.7 Å². The van der Waals surface area contributed by atoms with Gasteiger partial charge in [0.1, 0.15) is 17.3 Å². The van der Waals surface area contributed by atoms with Gasteiger partial charge >= 0.3 is 0 Å². The molecule has 3 rings (SSSR count). The molecule has 6 heteroatoms. The van der Waals surface area contributed by atoms with Gasteiger partial charge < -0.3 is 19.7 Å². The van der Waals surface area contributed by atoms with Crippen molar-refractivity contribution in [3.05, 3.63) is 42.1 Å². The summed E-state index contributed by atoms with van der Waals surface area (Å²) in [4.78, 5) is 19.7. The van der Waals surface area contributed by atoms with Crippen LogP contribution in [0.2, 0.25) is 0 Å². The number of amides is 1. The third kappa shape index (κ3) is 4.07. The van der Waals surface area contributed by atoms with E-state index in [0.717, 1.165) is 31.7 Å². The van der Waals surface area contributed by atoms with E-state index >= 15 is 0 Å². The lowest BCUT2D eigenvalue weighted by Gasteiger charge is -2.23. The van der Waals surface area contributed by atoms with E-state index in [-0.39, 0.29) is 5.91 Å². The van der Waals surface area contributed by atoms with Crippen LogP contribution in [-0.4, -0.2) is 38.2 Å². The van der Waals surface area contributed by atoms with Gasteiger partial charge in [0.25, 0.3) is 5.91 Å². The summed E-state index contributed by atoms with van der Waals surface area (Å²) < 4.78 is 10.6. The summed E-state index contributed by atoms with van der Waals surface area (Å²) in [6.45, 7) is 1.86. The number of benzene rings is 1. The van der Waals surface area contributed by atoms with Crippen molar-refractivity contribution in [1.82, 2.24) is 4.98 Å². The Morgan fingerprint density at radius 2 is 1.85 bits per heavy atom. The van der Waals surface area contributed by atoms with Crippen molar-refractivity contribution >= 4 is 17.4 Å². The lowest BCUT2D eigenvalue weighted by Crippen LogP contribution is -2.28. The SMILES string of the molecule is COc1ccc(OC)c(NC(=O)c2cccnc2N2CCCCCC2)c1. The number of methoxy groups -OCH3 is 2. The molecule has 1 amide bonds. The van der Waals surface area contributed by atoms with Crippen molar-refractivity contribution in [2.75, 3.05) is 37.5 Å². The molecule has 2 aromatic rings. The van der Waals surface area contributed by atoms with Crippen LogP contribution in [0.25, 0.3) is 0 Å². The molecule has 6 nitrogen and oxygen atoms in total. The fourth-order valence-electron chi connectivity index (χ4n) is 3.21. The Balaban J connectivity index is 1.87. The minimum Gasteiger partial charge on any atom is -0.497 e. The zero-order valence-corrected chi connectivity index (χ0v) is 15.3. The molecule has 1 aliphatic heterocycles. The van der Waals surface area contributed by atoms with Gasteiger partial charge in [-0.05, 0) is 37.1 Å². The Bertz CT molecular complexity index is 756. The highest BCUT2D eigenvalue weighted by molar-refractivity contribution is 6.08. The first-order valence-corrected chi connectivity index (χ1v) is 8.96. The number of hydrogen-bond acceptors (Lipinski definition) is 5. The number of aromatic nitrogens is 1. The van der Waals surface area contributed by atoms with Crippen molar-refractivity contribution in [3.63, 3.8) is 0 Å². The first kappa shape index (κ1) is 18.0. The van der Waals surface area contributed by atoms with Gasteiger partial charge in [-0.3, -0.25) is 4.79 Å². The number of pyridine rings is 1. The molecule has 0 bridgehead atoms. The van der Waals surface area contributed by atoms with Crippen LogP contribution in [0.3, 0.4) is 0 Å². The molecule has 138 valence electrons. The third-order valence-electron chi connectivity index (χ3n) is 4.59. The van der Waals surface area contributed by atoms with Gasteiger partial charge in [0, 0.05) is 25.4 Å². The van der Waals surface area contributed by atoms with Crippen LogP contribution in [-0.2, 0) is 0 Å². The fraction of sp³-hybridized carbons (Fsp3) is 0.400. The molecule has 26 heavy (non-hydrogen) atoms. The Morgan fingerprint density at radius 1 is 1.08 bits per heavy atom. The quantitative estimate of drug-likeness (QED) is 0.885. The standard InChI is InChI=1S/C20H25N3O3/c1-25-15-9-10-18(26-2)17(14-15)22-20(24)16-8-7-11-21-19(16)23-12-5-3-4-6-13-23/h7-11,14H,3-6,12-13H2,1-2H3,(H,22,24). The maximum Gasteiger partial charge on any atom is 0.259 e. The van der Waals surface area contributed by atoms with Gasteiger partial charge in [0.15, 0.2) is 0 Å². The van der Waals surface area contributed by atoms with Crippen LogP contribution in [0, 0.1) is 0 Å². The van der Waals surface area contributed by atoms with Crippen LogP contribution >= 0.6 is 0 Å². The molecule has 1 aliphatic rings. The minimum atomic E-state index is -0.205. The smallest absolute Gasteiger partial charge is 0.259 e. The van der Waals surface area contributed by atoms with E-state index in [9.17, 15) is 4.79 Å². The van der Waals surface area contributed by atoms with Crippen LogP contribution in [0.5, 0.6) is 11.5 Å². The summed E-state index contributed by atoms with van der Waals surface area (Å²) in [5, 5.41) is 2.94. The molecule has 0 radical (unpaired) electrons. The maximum absolute atomic E-state index is 13.0. The van der Waals surface area contributed by atoms with Gasteiger partial charge in [0.2, 0.25) is 0 Å². The molecule has 0 unspecified atom stereocenters. The second-order valence-electron chi connectivity index (χ2n) is 6.30. The minimum absolute atomic E-state index is 0.205. The molecule has 1 aromatic heterocycles. The molecule has 1 saturated heterocycles. The monoisotopic (exact) mass is 355 g/mol. The Hall–Kier alpha value is -2.76. The topological polar surface area (TPSA) is 63.7 Å². The number of carbonyl (C=O) groups excluding carboxylic acids is 1. The molecular formula is C20H25N3O3. The van der Waals surface area contributed by atoms with Crippen molar-refractivity contribution in [3.8, 4) is 11.5 Å². The van der Waals surface area contributed by atoms with Crippen LogP contribution < -0.4 is 19.7 Å². The first-order valence-electron chi connectivity index (χ1n) is 8.96. The summed E-state index contributed by atoms with van der Waals surface area (Å²) in [6.07, 6.45) is 6.45. The predicted octanol–water partition coefficient (Wildman–Crippen LogP) is 3.73. The molecule has 2 heterocycles. The number of carbonyl (C=O) groups is 1. The number of rotatable bonds is 5. The second-order valence-corrected chi connectivity index (χ2v) is 6.30. The lowest BCUT2D eigenvalue weighted by atomic mass is 10.2. The summed E-state index contributed by atoms with van der Waals surface area (Å²) in [6, 6.07) is 8.92. The summed E-state index contributed by atoms with van der Waals surface area (Å²) in [5.74, 6) is 1.78. The fourth-order valence-corrected chi connectivity index (χ4v) is 3.21. The molecule has 0 saturated carbocycles. The van der Waals surface area contributed by atoms with E-state index in [0.29, 0.717) is 22.7 Å². The van der Waals surface area contributed by atoms with E-state index in [4.69, 9.17) is 9.47 Å². The molecule has 1 fully saturated rings. The predicted molar refractivity (Wildman–Crippen MR) is 102 cm³/mol. The second kappa shape index (κ2) is 8.56. The van der Waals surface area contributed by atoms with Crippen molar-refractivity contribution in [2.24, 2.45) is 0 Å². The van der Waals surface area contributed by atoms with Gasteiger partial charge in [-0.2, -0.15) is 0 Å². The average molecular weight is 355 g/mol. The highest BCUT2D eigenvalue weighted by atomic mass is 16.5. The van der Waals surface area contributed by atoms with E-state index in [1.807, 2.05) is 6.07 Å². The summed E-state index contributed by atoms with van der Waals surface area (Å²) in [5.41, 5.74) is 1.14. The molecule has 0 atom stereocenters. The molecule has 0 spiro atoms. The van der Waals surface area contributed by atoms with Gasteiger partial charge in [-0.15, -0.1) is 0 Å². The third-order valence-corrected chi connectivity index (χ3v) is 4.59. The summed E-state index contributed by atoms with van der Waals surface area (Å²) in [7, 11) is 3.16. The molecular weight excluding hydrogens is 330 g/mol. The molecule has 0 aliphatic carbocycles. The van der Waals surface area contributed by atoms with E-state index < -0.39 is 0 Å². The van der Waals surface area contributed by atoms with Crippen molar-refractivity contribution in [1.29, 1.82) is 0 Å². The normalized spacial score (nSPS) is 14.5. The number of nitrogens with zero attached hydrogens (tertiary/aromatic N) is 2. The molecule has 1 N–H and O–H groups in total. The zero-order chi connectivity index (χ0) is 18.4. The number of anilines is 2. The highest BCUT2D eigenvalue weighted by Crippen LogP contribution is 2.30. The Labute approximate surface area is 154 Å². The van der Waals surface area contributed by atoms with Crippen LogP contribution in [0.4, 0.5) is 11.5 Å². The van der Waals surface area contributed by atoms with E-state index in [2.05, 4.69) is 15.2 Å². The lowest BCUT2D eigenvalue weighted by molar-refractivity contribution is 0.102. The Morgan fingerprint density at radius 3 is 2.54 bits per heavy atom. The van der Waals surface area contributed by atoms with Crippen LogP contribution in [0.15, 0.2) is 36.5 Å². The Kier molecular flexibility index (Phi) is 5.94. The highest BCUT2D eigenvalue weighted by Gasteiger charge is 2.20. The molecule has 1 aromatic carbocycles. The zero-order valence-electron chi connectivity index (χ0n) is 15.3. The largest absolute Gasteiger partial charge is 0.497 e. The van der Waals surface area contributed by atoms with E-state index in [1.165, 1.54) is 12.8 Å². The van der Waals surface area contributed by atoms with Gasteiger partial charge in [-0.25, -0.2) is 4.98 Å². The maximum atomic E-state index is 13.0. The van der Waals surface area contributed by atoms with Crippen molar-refractivity contribution in [2.45, 2.75) is 25.7 Å². The average Bonchev–Trinajstić information content (AvgIpc) is 2.97. The first-order chi connectivity index (χ1) is 12.7. The van der Waals surface area contributed by atoms with Gasteiger partial charge in [-0.1, -0.05) is 12.8 Å². The van der Waals surface area contributed by atoms with Crippen molar-refractivity contribution < 1.29 is 14.3 Å². The number of nitrogens with one attached hydrogen (secondary N) is 1. The van der Waals surface area contributed by atoms with Crippen LogP contribution in [0.1, 0.15) is 36.0 Å². The van der Waals surface area contributed by atoms with Gasteiger partial charge in [0.05, 0.1) is 25.5 Å². The summed E-state index contributed by atoms with van der Waals surface area (Å²) >= 11 is 0. The number of ether oxygens (including phenoxy) is 2.